The summed E-state index contributed by atoms with van der Waals surface area (Å²) in [6, 6.07) is 10.0. The van der Waals surface area contributed by atoms with Gasteiger partial charge in [0.15, 0.2) is 0 Å². The quantitative estimate of drug-likeness (QED) is 0.761. The second-order valence-corrected chi connectivity index (χ2v) is 7.09. The van der Waals surface area contributed by atoms with Crippen molar-refractivity contribution in [1.29, 1.82) is 0 Å². The molecule has 0 aliphatic heterocycles. The highest BCUT2D eigenvalue weighted by Gasteiger charge is 2.21. The predicted octanol–water partition coefficient (Wildman–Crippen LogP) is 1.53. The van der Waals surface area contributed by atoms with E-state index in [1.165, 1.54) is 5.56 Å². The molecule has 0 bridgehead atoms. The summed E-state index contributed by atoms with van der Waals surface area (Å²) in [5, 5.41) is 2.47. The van der Waals surface area contributed by atoms with Crippen LogP contribution in [-0.4, -0.2) is 33.3 Å². The van der Waals surface area contributed by atoms with Crippen LogP contribution in [0.1, 0.15) is 25.8 Å². The van der Waals surface area contributed by atoms with Crippen LogP contribution in [-0.2, 0) is 16.4 Å². The average Bonchev–Trinajstić information content (AvgIpc) is 2.37. The first-order valence-electron chi connectivity index (χ1n) is 6.65. The highest BCUT2D eigenvalue weighted by Crippen LogP contribution is 2.07. The van der Waals surface area contributed by atoms with Gasteiger partial charge in [0.2, 0.25) is 10.0 Å². The molecule has 0 amide bonds. The van der Waals surface area contributed by atoms with Crippen LogP contribution in [0.15, 0.2) is 30.3 Å². The van der Waals surface area contributed by atoms with E-state index in [-0.39, 0.29) is 6.04 Å². The van der Waals surface area contributed by atoms with E-state index < -0.39 is 15.3 Å². The molecule has 2 atom stereocenters. The van der Waals surface area contributed by atoms with Gasteiger partial charge < -0.3 is 5.32 Å². The van der Waals surface area contributed by atoms with E-state index in [0.29, 0.717) is 6.54 Å². The lowest BCUT2D eigenvalue weighted by Gasteiger charge is -2.18. The lowest BCUT2D eigenvalue weighted by atomic mass is 10.1. The molecule has 1 aromatic carbocycles. The Morgan fingerprint density at radius 2 is 1.79 bits per heavy atom. The SMILES string of the molecule is CNCC(C)S(=O)(=O)NC(C)CCc1ccccc1. The van der Waals surface area contributed by atoms with Crippen LogP contribution >= 0.6 is 0 Å². The van der Waals surface area contributed by atoms with Gasteiger partial charge in [-0.15, -0.1) is 0 Å². The number of sulfonamides is 1. The number of hydrogen-bond donors (Lipinski definition) is 2. The number of rotatable bonds is 8. The fourth-order valence-electron chi connectivity index (χ4n) is 1.88. The second-order valence-electron chi connectivity index (χ2n) is 4.96. The minimum atomic E-state index is -3.24. The molecule has 0 saturated heterocycles. The molecule has 0 saturated carbocycles. The van der Waals surface area contributed by atoms with Gasteiger partial charge in [0, 0.05) is 12.6 Å². The third-order valence-corrected chi connectivity index (χ3v) is 5.05. The molecular weight excluding hydrogens is 260 g/mol. The third-order valence-electron chi connectivity index (χ3n) is 3.10. The zero-order valence-corrected chi connectivity index (χ0v) is 12.7. The van der Waals surface area contributed by atoms with E-state index >= 15 is 0 Å². The Balaban J connectivity index is 2.44. The molecular formula is C14H24N2O2S. The normalized spacial score (nSPS) is 15.1. The molecule has 0 heterocycles. The Morgan fingerprint density at radius 3 is 2.37 bits per heavy atom. The van der Waals surface area contributed by atoms with Crippen molar-refractivity contribution < 1.29 is 8.42 Å². The van der Waals surface area contributed by atoms with Crippen molar-refractivity contribution in [3.63, 3.8) is 0 Å². The first kappa shape index (κ1) is 16.1. The smallest absolute Gasteiger partial charge is 0.215 e. The van der Waals surface area contributed by atoms with Crippen LogP contribution < -0.4 is 10.0 Å². The summed E-state index contributed by atoms with van der Waals surface area (Å²) >= 11 is 0. The van der Waals surface area contributed by atoms with Gasteiger partial charge in [0.1, 0.15) is 0 Å². The van der Waals surface area contributed by atoms with Crippen molar-refractivity contribution in [1.82, 2.24) is 10.0 Å². The average molecular weight is 284 g/mol. The summed E-state index contributed by atoms with van der Waals surface area (Å²) in [6.45, 7) is 4.08. The van der Waals surface area contributed by atoms with E-state index in [9.17, 15) is 8.42 Å². The van der Waals surface area contributed by atoms with Gasteiger partial charge in [-0.2, -0.15) is 0 Å². The van der Waals surface area contributed by atoms with Gasteiger partial charge in [-0.25, -0.2) is 13.1 Å². The Hall–Kier alpha value is -0.910. The zero-order valence-electron chi connectivity index (χ0n) is 11.9. The van der Waals surface area contributed by atoms with Crippen molar-refractivity contribution in [2.45, 2.75) is 38.0 Å². The molecule has 1 aromatic rings. The molecule has 0 radical (unpaired) electrons. The maximum absolute atomic E-state index is 12.0. The number of nitrogens with one attached hydrogen (secondary N) is 2. The van der Waals surface area contributed by atoms with Crippen molar-refractivity contribution in [2.24, 2.45) is 0 Å². The van der Waals surface area contributed by atoms with Gasteiger partial charge >= 0.3 is 0 Å². The molecule has 5 heteroatoms. The van der Waals surface area contributed by atoms with Crippen molar-refractivity contribution >= 4 is 10.0 Å². The minimum Gasteiger partial charge on any atom is -0.318 e. The standard InChI is InChI=1S/C14H24N2O2S/c1-12(9-10-14-7-5-4-6-8-14)16-19(17,18)13(2)11-15-3/h4-8,12-13,15-16H,9-11H2,1-3H3. The minimum absolute atomic E-state index is 0.0514. The lowest BCUT2D eigenvalue weighted by Crippen LogP contribution is -2.42. The van der Waals surface area contributed by atoms with Gasteiger partial charge in [0.25, 0.3) is 0 Å². The van der Waals surface area contributed by atoms with Gasteiger partial charge in [-0.05, 0) is 39.3 Å². The first-order valence-corrected chi connectivity index (χ1v) is 8.20. The molecule has 0 fully saturated rings. The molecule has 108 valence electrons. The predicted molar refractivity (Wildman–Crippen MR) is 79.7 cm³/mol. The fourth-order valence-corrected chi connectivity index (χ4v) is 3.18. The molecule has 4 nitrogen and oxygen atoms in total. The highest BCUT2D eigenvalue weighted by atomic mass is 32.2. The number of hydrogen-bond acceptors (Lipinski definition) is 3. The highest BCUT2D eigenvalue weighted by molar-refractivity contribution is 7.90. The summed E-state index contributed by atoms with van der Waals surface area (Å²) in [5.41, 5.74) is 1.23. The van der Waals surface area contributed by atoms with Crippen LogP contribution in [0.4, 0.5) is 0 Å². The van der Waals surface area contributed by atoms with Crippen LogP contribution in [0.2, 0.25) is 0 Å². The third kappa shape index (κ3) is 5.72. The van der Waals surface area contributed by atoms with E-state index in [4.69, 9.17) is 0 Å². The molecule has 0 spiro atoms. The first-order chi connectivity index (χ1) is 8.95. The summed E-state index contributed by atoms with van der Waals surface area (Å²) in [6.07, 6.45) is 1.68. The van der Waals surface area contributed by atoms with E-state index in [0.717, 1.165) is 12.8 Å². The van der Waals surface area contributed by atoms with Crippen LogP contribution in [0.5, 0.6) is 0 Å². The van der Waals surface area contributed by atoms with Gasteiger partial charge in [0.05, 0.1) is 5.25 Å². The second kappa shape index (κ2) is 7.62. The molecule has 1 rings (SSSR count). The Bertz CT molecular complexity index is 460. The molecule has 0 aliphatic rings. The van der Waals surface area contributed by atoms with Crippen molar-refractivity contribution in [3.05, 3.63) is 35.9 Å². The molecule has 0 aliphatic carbocycles. The summed E-state index contributed by atoms with van der Waals surface area (Å²) in [5.74, 6) is 0. The largest absolute Gasteiger partial charge is 0.318 e. The summed E-state index contributed by atoms with van der Waals surface area (Å²) in [4.78, 5) is 0. The van der Waals surface area contributed by atoms with Crippen LogP contribution in [0.25, 0.3) is 0 Å². The monoisotopic (exact) mass is 284 g/mol. The molecule has 2 unspecified atom stereocenters. The number of benzene rings is 1. The van der Waals surface area contributed by atoms with Crippen molar-refractivity contribution in [2.75, 3.05) is 13.6 Å². The number of aryl methyl sites for hydroxylation is 1. The maximum Gasteiger partial charge on any atom is 0.215 e. The Kier molecular flexibility index (Phi) is 6.48. The maximum atomic E-state index is 12.0. The summed E-state index contributed by atoms with van der Waals surface area (Å²) in [7, 11) is -1.48. The van der Waals surface area contributed by atoms with Gasteiger partial charge in [-0.3, -0.25) is 0 Å². The zero-order chi connectivity index (χ0) is 14.3. The van der Waals surface area contributed by atoms with E-state index in [2.05, 4.69) is 22.2 Å². The topological polar surface area (TPSA) is 58.2 Å². The fraction of sp³-hybridized carbons (Fsp3) is 0.571. The van der Waals surface area contributed by atoms with Crippen molar-refractivity contribution in [3.8, 4) is 0 Å². The molecule has 0 aromatic heterocycles. The van der Waals surface area contributed by atoms with E-state index in [1.807, 2.05) is 25.1 Å². The molecule has 19 heavy (non-hydrogen) atoms. The summed E-state index contributed by atoms with van der Waals surface area (Å²) < 4.78 is 26.7. The Labute approximate surface area is 116 Å². The Morgan fingerprint density at radius 1 is 1.16 bits per heavy atom. The van der Waals surface area contributed by atoms with E-state index in [1.54, 1.807) is 14.0 Å². The van der Waals surface area contributed by atoms with Gasteiger partial charge in [-0.1, -0.05) is 30.3 Å². The molecule has 2 N–H and O–H groups in total. The lowest BCUT2D eigenvalue weighted by molar-refractivity contribution is 0.533. The van der Waals surface area contributed by atoms with Crippen LogP contribution in [0.3, 0.4) is 0 Å². The van der Waals surface area contributed by atoms with Crippen LogP contribution in [0, 0.1) is 0 Å².